The Hall–Kier alpha value is -5.98. The Morgan fingerprint density at radius 3 is 1.41 bits per heavy atom. The van der Waals surface area contributed by atoms with Gasteiger partial charge in [0, 0.05) is 0 Å². The molecule has 10 rings (SSSR count). The lowest BCUT2D eigenvalue weighted by Gasteiger charge is -2.19. The predicted molar refractivity (Wildman–Crippen MR) is 199 cm³/mol. The largest absolute Gasteiger partial charge is 0.0616 e. The van der Waals surface area contributed by atoms with Gasteiger partial charge in [-0.2, -0.15) is 0 Å². The molecule has 0 heteroatoms. The Kier molecular flexibility index (Phi) is 5.38. The van der Waals surface area contributed by atoms with Crippen LogP contribution in [0.25, 0.3) is 98.0 Å². The van der Waals surface area contributed by atoms with Gasteiger partial charge in [-0.3, -0.25) is 0 Å². The molecule has 10 aromatic carbocycles. The summed E-state index contributed by atoms with van der Waals surface area (Å²) >= 11 is 0. The Bertz CT molecular complexity index is 2730. The summed E-state index contributed by atoms with van der Waals surface area (Å²) in [5.41, 5.74) is 7.58. The first-order chi connectivity index (χ1) is 22.8. The predicted octanol–water partition coefficient (Wildman–Crippen LogP) is 13.0. The number of rotatable bonds is 3. The Labute approximate surface area is 267 Å². The van der Waals surface area contributed by atoms with Crippen LogP contribution in [0, 0.1) is 0 Å². The normalized spacial score (nSPS) is 11.9. The zero-order valence-electron chi connectivity index (χ0n) is 25.2. The third-order valence-corrected chi connectivity index (χ3v) is 9.96. The zero-order valence-corrected chi connectivity index (χ0v) is 25.2. The SMILES string of the molecule is c1cc(-c2c3ccccc3c(-c3ccc4ccccc4c3)c3ccccc23)cc(-c2ccc3ccc4cccc5ccc2c3c45)c1. The van der Waals surface area contributed by atoms with E-state index in [2.05, 4.69) is 170 Å². The summed E-state index contributed by atoms with van der Waals surface area (Å²) in [5, 5.41) is 15.5. The van der Waals surface area contributed by atoms with Crippen molar-refractivity contribution in [2.24, 2.45) is 0 Å². The maximum atomic E-state index is 2.40. The maximum Gasteiger partial charge on any atom is -0.00206 e. The first-order valence-electron chi connectivity index (χ1n) is 16.0. The van der Waals surface area contributed by atoms with Crippen molar-refractivity contribution in [3.05, 3.63) is 170 Å². The van der Waals surface area contributed by atoms with E-state index in [1.807, 2.05) is 0 Å². The lowest BCUT2D eigenvalue weighted by molar-refractivity contribution is 1.64. The zero-order chi connectivity index (χ0) is 30.2. The minimum Gasteiger partial charge on any atom is -0.0616 e. The minimum atomic E-state index is 1.24. The molecule has 212 valence electrons. The summed E-state index contributed by atoms with van der Waals surface area (Å²) < 4.78 is 0. The Balaban J connectivity index is 1.23. The highest BCUT2D eigenvalue weighted by Crippen LogP contribution is 2.45. The molecule has 0 unspecified atom stereocenters. The van der Waals surface area contributed by atoms with Gasteiger partial charge in [-0.15, -0.1) is 0 Å². The van der Waals surface area contributed by atoms with Gasteiger partial charge in [-0.05, 0) is 110 Å². The fraction of sp³-hybridized carbons (Fsp3) is 0. The number of fused-ring (bicyclic) bond motifs is 3. The van der Waals surface area contributed by atoms with Gasteiger partial charge in [-0.1, -0.05) is 158 Å². The highest BCUT2D eigenvalue weighted by molar-refractivity contribution is 6.26. The molecule has 0 atom stereocenters. The van der Waals surface area contributed by atoms with Gasteiger partial charge < -0.3 is 0 Å². The molecule has 0 aliphatic heterocycles. The molecule has 0 aliphatic carbocycles. The third-order valence-electron chi connectivity index (χ3n) is 9.96. The second-order valence-electron chi connectivity index (χ2n) is 12.5. The standard InChI is InChI=1S/C46H28/c1-2-10-33-27-36(22-19-29(33)9-1)45-40-17-5-3-15-38(40)44(39-16-4-6-18-41(39)45)35-14-8-13-34(28-35)37-25-23-32-21-20-30-11-7-12-31-24-26-42(37)46(32)43(30)31/h1-28H. The van der Waals surface area contributed by atoms with E-state index in [4.69, 9.17) is 0 Å². The molecule has 0 fully saturated rings. The van der Waals surface area contributed by atoms with E-state index in [-0.39, 0.29) is 0 Å². The maximum absolute atomic E-state index is 2.40. The second kappa shape index (κ2) is 9.76. The molecule has 0 nitrogen and oxygen atoms in total. The second-order valence-corrected chi connectivity index (χ2v) is 12.5. The Morgan fingerprint density at radius 1 is 0.239 bits per heavy atom. The third kappa shape index (κ3) is 3.68. The van der Waals surface area contributed by atoms with Crippen LogP contribution < -0.4 is 0 Å². The molecule has 0 aliphatic rings. The van der Waals surface area contributed by atoms with Crippen molar-refractivity contribution in [1.29, 1.82) is 0 Å². The fourth-order valence-corrected chi connectivity index (χ4v) is 7.92. The van der Waals surface area contributed by atoms with Gasteiger partial charge in [-0.25, -0.2) is 0 Å². The molecular formula is C46H28. The molecule has 0 spiro atoms. The van der Waals surface area contributed by atoms with E-state index in [9.17, 15) is 0 Å². The molecule has 0 N–H and O–H groups in total. The number of hydrogen-bond acceptors (Lipinski definition) is 0. The van der Waals surface area contributed by atoms with Crippen molar-refractivity contribution in [2.45, 2.75) is 0 Å². The molecular weight excluding hydrogens is 553 g/mol. The highest BCUT2D eigenvalue weighted by atomic mass is 14.2. The van der Waals surface area contributed by atoms with Crippen molar-refractivity contribution >= 4 is 64.6 Å². The first-order valence-corrected chi connectivity index (χ1v) is 16.0. The topological polar surface area (TPSA) is 0 Å². The summed E-state index contributed by atoms with van der Waals surface area (Å²) in [6.45, 7) is 0. The molecule has 10 aromatic rings. The average molecular weight is 581 g/mol. The van der Waals surface area contributed by atoms with Gasteiger partial charge in [0.05, 0.1) is 0 Å². The fourth-order valence-electron chi connectivity index (χ4n) is 7.92. The quantitative estimate of drug-likeness (QED) is 0.144. The monoisotopic (exact) mass is 580 g/mol. The van der Waals surface area contributed by atoms with Gasteiger partial charge >= 0.3 is 0 Å². The van der Waals surface area contributed by atoms with E-state index in [0.29, 0.717) is 0 Å². The molecule has 0 heterocycles. The van der Waals surface area contributed by atoms with E-state index in [1.54, 1.807) is 0 Å². The molecule has 46 heavy (non-hydrogen) atoms. The van der Waals surface area contributed by atoms with Crippen LogP contribution in [0.2, 0.25) is 0 Å². The molecule has 0 bridgehead atoms. The molecule has 0 aromatic heterocycles. The van der Waals surface area contributed by atoms with E-state index < -0.39 is 0 Å². The average Bonchev–Trinajstić information content (AvgIpc) is 3.12. The van der Waals surface area contributed by atoms with Crippen LogP contribution in [0.4, 0.5) is 0 Å². The summed E-state index contributed by atoms with van der Waals surface area (Å²) in [6, 6.07) is 62.9. The molecule has 0 saturated heterocycles. The van der Waals surface area contributed by atoms with Gasteiger partial charge in [0.15, 0.2) is 0 Å². The van der Waals surface area contributed by atoms with Crippen molar-refractivity contribution in [2.75, 3.05) is 0 Å². The summed E-state index contributed by atoms with van der Waals surface area (Å²) in [5.74, 6) is 0. The minimum absolute atomic E-state index is 1.24. The Morgan fingerprint density at radius 2 is 0.717 bits per heavy atom. The van der Waals surface area contributed by atoms with Gasteiger partial charge in [0.25, 0.3) is 0 Å². The van der Waals surface area contributed by atoms with Crippen molar-refractivity contribution in [3.63, 3.8) is 0 Å². The van der Waals surface area contributed by atoms with E-state index in [1.165, 1.54) is 98.0 Å². The van der Waals surface area contributed by atoms with Crippen LogP contribution in [-0.4, -0.2) is 0 Å². The van der Waals surface area contributed by atoms with Crippen LogP contribution in [0.15, 0.2) is 170 Å². The number of benzene rings is 10. The van der Waals surface area contributed by atoms with Crippen LogP contribution in [0.5, 0.6) is 0 Å². The van der Waals surface area contributed by atoms with Crippen molar-refractivity contribution in [1.82, 2.24) is 0 Å². The molecule has 0 radical (unpaired) electrons. The van der Waals surface area contributed by atoms with Crippen molar-refractivity contribution in [3.8, 4) is 33.4 Å². The summed E-state index contributed by atoms with van der Waals surface area (Å²) in [7, 11) is 0. The van der Waals surface area contributed by atoms with Gasteiger partial charge in [0.1, 0.15) is 0 Å². The summed E-state index contributed by atoms with van der Waals surface area (Å²) in [4.78, 5) is 0. The van der Waals surface area contributed by atoms with Crippen molar-refractivity contribution < 1.29 is 0 Å². The smallest absolute Gasteiger partial charge is 0.00206 e. The highest BCUT2D eigenvalue weighted by Gasteiger charge is 2.18. The van der Waals surface area contributed by atoms with Crippen LogP contribution in [0.1, 0.15) is 0 Å². The molecule has 0 amide bonds. The summed E-state index contributed by atoms with van der Waals surface area (Å²) in [6.07, 6.45) is 0. The lowest BCUT2D eigenvalue weighted by atomic mass is 9.84. The molecule has 0 saturated carbocycles. The van der Waals surface area contributed by atoms with E-state index in [0.717, 1.165) is 0 Å². The van der Waals surface area contributed by atoms with Crippen LogP contribution >= 0.6 is 0 Å². The van der Waals surface area contributed by atoms with E-state index >= 15 is 0 Å². The van der Waals surface area contributed by atoms with Gasteiger partial charge in [0.2, 0.25) is 0 Å². The number of hydrogen-bond donors (Lipinski definition) is 0. The van der Waals surface area contributed by atoms with Crippen LogP contribution in [-0.2, 0) is 0 Å². The van der Waals surface area contributed by atoms with Crippen LogP contribution in [0.3, 0.4) is 0 Å². The lowest BCUT2D eigenvalue weighted by Crippen LogP contribution is -1.92. The first kappa shape index (κ1) is 25.4.